The van der Waals surface area contributed by atoms with Gasteiger partial charge in [0.2, 0.25) is 5.91 Å². The largest absolute Gasteiger partial charge is 0.394 e. The van der Waals surface area contributed by atoms with Crippen LogP contribution in [0.2, 0.25) is 0 Å². The number of aliphatic hydroxyl groups is 5. The van der Waals surface area contributed by atoms with Crippen LogP contribution in [0.1, 0.15) is 341 Å². The van der Waals surface area contributed by atoms with Crippen LogP contribution in [-0.2, 0) is 14.3 Å². The molecule has 9 nitrogen and oxygen atoms in total. The highest BCUT2D eigenvalue weighted by Crippen LogP contribution is 2.24. The SMILES string of the molecule is CCCCCCCCCCCCCCCCCCCCCCCCCCCCCC(O)C(COC1OC(CO)C(O)C(O)C1O)NC(=O)CCCCCCCCCCCCCCCCCCCCCCCC. The first-order valence-electron chi connectivity index (χ1n) is 32.2. The summed E-state index contributed by atoms with van der Waals surface area (Å²) in [5.41, 5.74) is 0. The maximum atomic E-state index is 13.1. The van der Waals surface area contributed by atoms with Crippen LogP contribution in [-0.4, -0.2) is 87.5 Å². The lowest BCUT2D eigenvalue weighted by Gasteiger charge is -2.40. The Morgan fingerprint density at radius 3 is 0.986 bits per heavy atom. The lowest BCUT2D eigenvalue weighted by Crippen LogP contribution is -2.60. The third-order valence-electron chi connectivity index (χ3n) is 16.0. The Morgan fingerprint density at radius 2 is 0.694 bits per heavy atom. The molecule has 0 saturated carbocycles. The predicted molar refractivity (Wildman–Crippen MR) is 304 cm³/mol. The number of ether oxygens (including phenoxy) is 2. The van der Waals surface area contributed by atoms with E-state index in [4.69, 9.17) is 9.47 Å². The molecule has 430 valence electrons. The van der Waals surface area contributed by atoms with Gasteiger partial charge in [-0.2, -0.15) is 0 Å². The summed E-state index contributed by atoms with van der Waals surface area (Å²) >= 11 is 0. The van der Waals surface area contributed by atoms with Crippen LogP contribution < -0.4 is 5.32 Å². The number of rotatable bonds is 57. The van der Waals surface area contributed by atoms with E-state index in [1.807, 2.05) is 0 Å². The molecule has 9 heteroatoms. The molecule has 6 N–H and O–H groups in total. The van der Waals surface area contributed by atoms with Crippen LogP contribution in [0.25, 0.3) is 0 Å². The molecule has 0 bridgehead atoms. The number of carbonyl (C=O) groups is 1. The first-order chi connectivity index (χ1) is 35.3. The monoisotopic (exact) mass is 1020 g/mol. The highest BCUT2D eigenvalue weighted by atomic mass is 16.7. The van der Waals surface area contributed by atoms with Crippen molar-refractivity contribution in [1.82, 2.24) is 5.32 Å². The number of nitrogens with one attached hydrogen (secondary N) is 1. The summed E-state index contributed by atoms with van der Waals surface area (Å²) in [6.45, 7) is 3.90. The Labute approximate surface area is 446 Å². The summed E-state index contributed by atoms with van der Waals surface area (Å²) in [6.07, 6.45) is 58.6. The highest BCUT2D eigenvalue weighted by Gasteiger charge is 2.44. The van der Waals surface area contributed by atoms with E-state index in [0.29, 0.717) is 12.8 Å². The molecule has 1 saturated heterocycles. The average molecular weight is 1020 g/mol. The molecule has 1 amide bonds. The molecule has 0 aromatic rings. The zero-order valence-corrected chi connectivity index (χ0v) is 48.0. The van der Waals surface area contributed by atoms with Gasteiger partial charge in [0.1, 0.15) is 24.4 Å². The van der Waals surface area contributed by atoms with Crippen molar-refractivity contribution in [2.75, 3.05) is 13.2 Å². The first-order valence-corrected chi connectivity index (χ1v) is 32.2. The molecule has 72 heavy (non-hydrogen) atoms. The highest BCUT2D eigenvalue weighted by molar-refractivity contribution is 5.76. The Kier molecular flexibility index (Phi) is 51.5. The molecule has 0 aliphatic carbocycles. The third kappa shape index (κ3) is 42.3. The topological polar surface area (TPSA) is 149 Å². The quantitative estimate of drug-likeness (QED) is 0.0330. The molecule has 0 radical (unpaired) electrons. The van der Waals surface area contributed by atoms with Crippen LogP contribution in [0.4, 0.5) is 0 Å². The Hall–Kier alpha value is -0.810. The van der Waals surface area contributed by atoms with Crippen LogP contribution in [0.15, 0.2) is 0 Å². The molecule has 1 heterocycles. The minimum Gasteiger partial charge on any atom is -0.394 e. The second kappa shape index (κ2) is 53.6. The van der Waals surface area contributed by atoms with E-state index >= 15 is 0 Å². The summed E-state index contributed by atoms with van der Waals surface area (Å²) < 4.78 is 11.4. The van der Waals surface area contributed by atoms with Gasteiger partial charge in [-0.15, -0.1) is 0 Å². The molecule has 1 aliphatic heterocycles. The molecule has 0 aromatic carbocycles. The van der Waals surface area contributed by atoms with E-state index in [0.717, 1.165) is 38.5 Å². The van der Waals surface area contributed by atoms with Crippen LogP contribution in [0.3, 0.4) is 0 Å². The molecule has 7 atom stereocenters. The zero-order chi connectivity index (χ0) is 52.2. The van der Waals surface area contributed by atoms with Crippen molar-refractivity contribution in [3.63, 3.8) is 0 Å². The van der Waals surface area contributed by atoms with Crippen LogP contribution >= 0.6 is 0 Å². The maximum Gasteiger partial charge on any atom is 0.220 e. The van der Waals surface area contributed by atoms with Crippen molar-refractivity contribution in [3.8, 4) is 0 Å². The van der Waals surface area contributed by atoms with E-state index in [1.165, 1.54) is 276 Å². The summed E-state index contributed by atoms with van der Waals surface area (Å²) in [4.78, 5) is 13.1. The fourth-order valence-electron chi connectivity index (χ4n) is 10.9. The smallest absolute Gasteiger partial charge is 0.220 e. The summed E-state index contributed by atoms with van der Waals surface area (Å²) in [5, 5.41) is 54.8. The molecule has 0 aromatic heterocycles. The molecular weight excluding hydrogens is 899 g/mol. The fraction of sp³-hybridized carbons (Fsp3) is 0.984. The van der Waals surface area contributed by atoms with Gasteiger partial charge in [0.25, 0.3) is 0 Å². The summed E-state index contributed by atoms with van der Waals surface area (Å²) in [5.74, 6) is -0.134. The van der Waals surface area contributed by atoms with Crippen LogP contribution in [0.5, 0.6) is 0 Å². The fourth-order valence-corrected chi connectivity index (χ4v) is 10.9. The molecule has 1 fully saturated rings. The van der Waals surface area contributed by atoms with E-state index in [-0.39, 0.29) is 12.5 Å². The van der Waals surface area contributed by atoms with E-state index in [1.54, 1.807) is 0 Å². The molecule has 7 unspecified atom stereocenters. The molecular formula is C63H125NO8. The van der Waals surface area contributed by atoms with Gasteiger partial charge in [0.15, 0.2) is 6.29 Å². The lowest BCUT2D eigenvalue weighted by atomic mass is 9.99. The minimum absolute atomic E-state index is 0.130. The van der Waals surface area contributed by atoms with Crippen molar-refractivity contribution in [2.45, 2.75) is 384 Å². The Bertz CT molecular complexity index is 1100. The van der Waals surface area contributed by atoms with Gasteiger partial charge < -0.3 is 40.3 Å². The third-order valence-corrected chi connectivity index (χ3v) is 16.0. The predicted octanol–water partition coefficient (Wildman–Crippen LogP) is 16.6. The van der Waals surface area contributed by atoms with Gasteiger partial charge >= 0.3 is 0 Å². The minimum atomic E-state index is -1.55. The second-order valence-electron chi connectivity index (χ2n) is 22.9. The Morgan fingerprint density at radius 1 is 0.417 bits per heavy atom. The summed E-state index contributed by atoms with van der Waals surface area (Å²) in [6, 6.07) is -0.714. The normalized spacial score (nSPS) is 19.0. The van der Waals surface area contributed by atoms with Gasteiger partial charge in [-0.1, -0.05) is 322 Å². The molecule has 1 aliphatic rings. The molecule has 0 spiro atoms. The molecule has 1 rings (SSSR count). The van der Waals surface area contributed by atoms with E-state index in [2.05, 4.69) is 19.2 Å². The standard InChI is InChI=1S/C63H125NO8/c1-3-5-7-9-11-13-15-17-19-21-23-25-27-28-29-30-31-32-34-36-38-40-42-44-46-48-50-52-57(66)56(55-71-63-62(70)61(69)60(68)58(54-65)72-63)64-59(67)53-51-49-47-45-43-41-39-37-35-33-26-24-22-20-18-16-14-12-10-8-6-4-2/h56-58,60-63,65-66,68-70H,3-55H2,1-2H3,(H,64,67). The van der Waals surface area contributed by atoms with E-state index in [9.17, 15) is 30.3 Å². The lowest BCUT2D eigenvalue weighted by molar-refractivity contribution is -0.302. The van der Waals surface area contributed by atoms with Crippen molar-refractivity contribution < 1.29 is 39.8 Å². The van der Waals surface area contributed by atoms with Crippen molar-refractivity contribution in [3.05, 3.63) is 0 Å². The maximum absolute atomic E-state index is 13.1. The first kappa shape index (κ1) is 69.2. The van der Waals surface area contributed by atoms with Gasteiger partial charge in [-0.3, -0.25) is 4.79 Å². The van der Waals surface area contributed by atoms with Gasteiger partial charge in [-0.25, -0.2) is 0 Å². The van der Waals surface area contributed by atoms with Gasteiger partial charge in [0, 0.05) is 6.42 Å². The number of amides is 1. The van der Waals surface area contributed by atoms with Crippen molar-refractivity contribution in [1.29, 1.82) is 0 Å². The summed E-state index contributed by atoms with van der Waals surface area (Å²) in [7, 11) is 0. The Balaban J connectivity index is 2.14. The van der Waals surface area contributed by atoms with E-state index < -0.39 is 49.5 Å². The number of hydrogen-bond acceptors (Lipinski definition) is 8. The zero-order valence-electron chi connectivity index (χ0n) is 48.0. The number of hydrogen-bond donors (Lipinski definition) is 6. The van der Waals surface area contributed by atoms with Crippen LogP contribution in [0, 0.1) is 0 Å². The number of carbonyl (C=O) groups excluding carboxylic acids is 1. The van der Waals surface area contributed by atoms with Crippen molar-refractivity contribution >= 4 is 5.91 Å². The van der Waals surface area contributed by atoms with Crippen molar-refractivity contribution in [2.24, 2.45) is 0 Å². The average Bonchev–Trinajstić information content (AvgIpc) is 3.38. The second-order valence-corrected chi connectivity index (χ2v) is 22.9. The number of unbranched alkanes of at least 4 members (excludes halogenated alkanes) is 47. The number of aliphatic hydroxyl groups excluding tert-OH is 5. The van der Waals surface area contributed by atoms with Gasteiger partial charge in [0.05, 0.1) is 25.4 Å². The van der Waals surface area contributed by atoms with Gasteiger partial charge in [-0.05, 0) is 12.8 Å².